The number of esters is 1. The van der Waals surface area contributed by atoms with Gasteiger partial charge in [-0.3, -0.25) is 0 Å². The number of hydrogen-bond acceptors (Lipinski definition) is 3. The normalized spacial score (nSPS) is 13.5. The lowest BCUT2D eigenvalue weighted by molar-refractivity contribution is -0.277. The quantitative estimate of drug-likeness (QED) is 0.0331. The number of carbonyl (C=O) groups is 1. The molecule has 292 valence electrons. The summed E-state index contributed by atoms with van der Waals surface area (Å²) in [6, 6.07) is 6.75. The molecule has 0 aliphatic heterocycles. The van der Waals surface area contributed by atoms with Gasteiger partial charge in [-0.05, 0) is 51.4 Å². The predicted octanol–water partition coefficient (Wildman–Crippen LogP) is 13.9. The second-order valence-electron chi connectivity index (χ2n) is 13.9. The second-order valence-corrected chi connectivity index (χ2v) is 13.9. The van der Waals surface area contributed by atoms with E-state index in [1.54, 1.807) is 6.07 Å². The van der Waals surface area contributed by atoms with Crippen LogP contribution in [-0.4, -0.2) is 25.4 Å². The number of carbonyl (C=O) groups excluding carboxylic acids is 1. The maximum Gasteiger partial charge on any atom is 0.432 e. The van der Waals surface area contributed by atoms with Gasteiger partial charge in [-0.15, -0.1) is 18.3 Å². The molecule has 2 atom stereocenters. The van der Waals surface area contributed by atoms with E-state index in [4.69, 9.17) is 15.9 Å². The number of halogens is 3. The van der Waals surface area contributed by atoms with E-state index in [9.17, 15) is 18.0 Å². The smallest absolute Gasteiger partial charge is 0.432 e. The molecule has 52 heavy (non-hydrogen) atoms. The van der Waals surface area contributed by atoms with Gasteiger partial charge in [0, 0.05) is 25.5 Å². The van der Waals surface area contributed by atoms with E-state index in [1.807, 2.05) is 0 Å². The van der Waals surface area contributed by atoms with E-state index < -0.39 is 23.9 Å². The van der Waals surface area contributed by atoms with E-state index in [0.717, 1.165) is 64.9 Å². The number of unbranched alkanes of at least 4 members (excludes halogenated alkanes) is 21. The van der Waals surface area contributed by atoms with Crippen molar-refractivity contribution < 1.29 is 27.4 Å². The van der Waals surface area contributed by atoms with E-state index in [-0.39, 0.29) is 12.0 Å². The Morgan fingerprint density at radius 1 is 0.673 bits per heavy atom. The van der Waals surface area contributed by atoms with E-state index in [0.29, 0.717) is 6.42 Å². The van der Waals surface area contributed by atoms with Crippen molar-refractivity contribution in [3.63, 3.8) is 0 Å². The minimum atomic E-state index is -5.03. The van der Waals surface area contributed by atoms with Crippen LogP contribution in [0.3, 0.4) is 0 Å². The summed E-state index contributed by atoms with van der Waals surface area (Å²) in [7, 11) is 0.843. The molecule has 0 N–H and O–H groups in total. The number of allylic oxidation sites excluding steroid dienone is 4. The van der Waals surface area contributed by atoms with Crippen molar-refractivity contribution in [1.82, 2.24) is 0 Å². The molecule has 1 aromatic carbocycles. The highest BCUT2D eigenvalue weighted by atomic mass is 19.4. The molecule has 0 heterocycles. The molecule has 0 aromatic heterocycles. The van der Waals surface area contributed by atoms with E-state index >= 15 is 0 Å². The Balaban J connectivity index is 2.01. The van der Waals surface area contributed by atoms with Crippen LogP contribution in [0.1, 0.15) is 179 Å². The van der Waals surface area contributed by atoms with Gasteiger partial charge in [0.15, 0.2) is 6.10 Å². The Morgan fingerprint density at radius 3 is 1.69 bits per heavy atom. The van der Waals surface area contributed by atoms with Crippen LogP contribution in [-0.2, 0) is 19.9 Å². The maximum atomic E-state index is 14.1. The summed E-state index contributed by atoms with van der Waals surface area (Å²) in [5, 5.41) is 0. The first-order chi connectivity index (χ1) is 25.3. The molecule has 0 fully saturated rings. The number of alkyl halides is 3. The van der Waals surface area contributed by atoms with Crippen LogP contribution < -0.4 is 0 Å². The monoisotopic (exact) mass is 727 g/mol. The van der Waals surface area contributed by atoms with Gasteiger partial charge in [0.05, 0.1) is 0 Å². The highest BCUT2D eigenvalue weighted by molar-refractivity contribution is 5.83. The van der Waals surface area contributed by atoms with Gasteiger partial charge >= 0.3 is 12.1 Å². The molecular formula is C46H69F3O3. The molecule has 0 saturated carbocycles. The summed E-state index contributed by atoms with van der Waals surface area (Å²) in [6.45, 7) is 2.28. The average Bonchev–Trinajstić information content (AvgIpc) is 3.13. The Kier molecular flexibility index (Phi) is 28.6. The van der Waals surface area contributed by atoms with Gasteiger partial charge in [-0.25, -0.2) is 4.79 Å². The lowest BCUT2D eigenvalue weighted by atomic mass is 9.92. The largest absolute Gasteiger partial charge is 0.447 e. The lowest BCUT2D eigenvalue weighted by Gasteiger charge is -2.33. The molecule has 0 saturated heterocycles. The fourth-order valence-electron chi connectivity index (χ4n) is 6.30. The molecule has 1 rings (SSSR count). The van der Waals surface area contributed by atoms with Gasteiger partial charge in [-0.1, -0.05) is 170 Å². The predicted molar refractivity (Wildman–Crippen MR) is 212 cm³/mol. The summed E-state index contributed by atoms with van der Waals surface area (Å²) >= 11 is 0. The van der Waals surface area contributed by atoms with Crippen molar-refractivity contribution in [2.45, 2.75) is 192 Å². The van der Waals surface area contributed by atoms with Gasteiger partial charge in [0.25, 0.3) is 5.60 Å². The summed E-state index contributed by atoms with van der Waals surface area (Å²) in [5.74, 6) is 7.27. The highest BCUT2D eigenvalue weighted by Crippen LogP contribution is 2.43. The molecule has 6 heteroatoms. The molecular weight excluding hydrogens is 657 g/mol. The van der Waals surface area contributed by atoms with Crippen LogP contribution in [0, 0.1) is 24.2 Å². The van der Waals surface area contributed by atoms with Crippen molar-refractivity contribution in [1.29, 1.82) is 0 Å². The molecule has 0 unspecified atom stereocenters. The number of methoxy groups -OCH3 is 1. The van der Waals surface area contributed by atoms with Crippen molar-refractivity contribution in [3.05, 3.63) is 60.2 Å². The SMILES string of the molecule is C#C[C@@H](CCCCCCCC#CCC/C=C\CC/C=C\CCCCCCCCCCCCCCCC)OC(=O)[C@](OC)(c1ccccc1)C(F)(F)F. The first-order valence-electron chi connectivity index (χ1n) is 20.4. The van der Waals surface area contributed by atoms with Crippen molar-refractivity contribution in [3.8, 4) is 24.2 Å². The minimum Gasteiger partial charge on any atom is -0.447 e. The summed E-state index contributed by atoms with van der Waals surface area (Å²) in [4.78, 5) is 12.8. The third-order valence-electron chi connectivity index (χ3n) is 9.50. The molecule has 3 nitrogen and oxygen atoms in total. The van der Waals surface area contributed by atoms with Crippen LogP contribution in [0.5, 0.6) is 0 Å². The molecule has 0 radical (unpaired) electrons. The van der Waals surface area contributed by atoms with Crippen LogP contribution in [0.2, 0.25) is 0 Å². The molecule has 0 aliphatic rings. The van der Waals surface area contributed by atoms with Crippen LogP contribution in [0.4, 0.5) is 13.2 Å². The number of rotatable bonds is 31. The van der Waals surface area contributed by atoms with Crippen molar-refractivity contribution in [2.24, 2.45) is 0 Å². The molecule has 0 spiro atoms. The second kappa shape index (κ2) is 31.6. The average molecular weight is 727 g/mol. The minimum absolute atomic E-state index is 0.290. The fraction of sp³-hybridized carbons (Fsp3) is 0.674. The van der Waals surface area contributed by atoms with Crippen molar-refractivity contribution >= 4 is 5.97 Å². The Morgan fingerprint density at radius 2 is 1.15 bits per heavy atom. The van der Waals surface area contributed by atoms with Crippen LogP contribution in [0.15, 0.2) is 54.6 Å². The van der Waals surface area contributed by atoms with Gasteiger partial charge < -0.3 is 9.47 Å². The van der Waals surface area contributed by atoms with Gasteiger partial charge in [-0.2, -0.15) is 13.2 Å². The Labute approximate surface area is 316 Å². The zero-order valence-electron chi connectivity index (χ0n) is 32.6. The Hall–Kier alpha value is -2.96. The highest BCUT2D eigenvalue weighted by Gasteiger charge is 2.64. The molecule has 1 aromatic rings. The number of ether oxygens (including phenoxy) is 2. The third kappa shape index (κ3) is 21.5. The summed E-state index contributed by atoms with van der Waals surface area (Å²) < 4.78 is 52.2. The first-order valence-corrected chi connectivity index (χ1v) is 20.4. The number of benzene rings is 1. The number of terminal acetylenes is 1. The topological polar surface area (TPSA) is 35.5 Å². The first kappa shape index (κ1) is 47.1. The van der Waals surface area contributed by atoms with Gasteiger partial charge in [0.1, 0.15) is 0 Å². The van der Waals surface area contributed by atoms with E-state index in [2.05, 4.69) is 49.0 Å². The molecule has 0 amide bonds. The lowest BCUT2D eigenvalue weighted by Crippen LogP contribution is -2.52. The number of hydrogen-bond donors (Lipinski definition) is 0. The van der Waals surface area contributed by atoms with Crippen LogP contribution >= 0.6 is 0 Å². The standard InChI is InChI=1S/C46H69F3O3/c1-4-6-7-8-9-10-11-12-13-14-15-16-17-18-19-20-21-22-23-24-25-26-27-28-29-30-31-32-33-34-38-41-43(5-2)52-44(50)45(51-3,46(47,48)49)42-39-36-35-37-40-42/h2,20-21,24-25,35-37,39-40,43H,4,6-19,22-23,26-27,30-34,38,41H2,1,3H3/b21-20-,25-24-/t43-,45+/m0/s1. The summed E-state index contributed by atoms with van der Waals surface area (Å²) in [6.07, 6.45) is 39.1. The molecule has 0 bridgehead atoms. The molecule has 0 aliphatic carbocycles. The summed E-state index contributed by atoms with van der Waals surface area (Å²) in [5.41, 5.74) is -3.59. The van der Waals surface area contributed by atoms with E-state index in [1.165, 1.54) is 121 Å². The van der Waals surface area contributed by atoms with Crippen molar-refractivity contribution in [2.75, 3.05) is 7.11 Å². The zero-order chi connectivity index (χ0) is 38.0. The third-order valence-corrected chi connectivity index (χ3v) is 9.50. The van der Waals surface area contributed by atoms with Crippen LogP contribution in [0.25, 0.3) is 0 Å². The fourth-order valence-corrected chi connectivity index (χ4v) is 6.30. The Bertz CT molecular complexity index is 1170. The van der Waals surface area contributed by atoms with Gasteiger partial charge in [0.2, 0.25) is 0 Å². The maximum absolute atomic E-state index is 14.1. The zero-order valence-corrected chi connectivity index (χ0v) is 32.6.